The van der Waals surface area contributed by atoms with Crippen LogP contribution in [0.25, 0.3) is 0 Å². The normalized spacial score (nSPS) is 11.4. The number of anilines is 1. The van der Waals surface area contributed by atoms with E-state index in [2.05, 4.69) is 43.0 Å². The van der Waals surface area contributed by atoms with Crippen LogP contribution in [0, 0.1) is 17.7 Å². The van der Waals surface area contributed by atoms with E-state index in [-0.39, 0.29) is 11.3 Å². The van der Waals surface area contributed by atoms with E-state index in [1.807, 2.05) is 13.8 Å². The topological polar surface area (TPSA) is 53.1 Å². The predicted molar refractivity (Wildman–Crippen MR) is 84.0 cm³/mol. The van der Waals surface area contributed by atoms with Crippen molar-refractivity contribution in [1.29, 1.82) is 5.41 Å². The fourth-order valence-electron chi connectivity index (χ4n) is 2.21. The van der Waals surface area contributed by atoms with Crippen molar-refractivity contribution in [3.63, 3.8) is 0 Å². The Morgan fingerprint density at radius 2 is 1.95 bits per heavy atom. The average molecular weight is 261 g/mol. The number of nitrogens with two attached hydrogens (primary N) is 1. The second-order valence-corrected chi connectivity index (χ2v) is 5.77. The first kappa shape index (κ1) is 15.5. The molecule has 0 aliphatic carbocycles. The first-order valence-electron chi connectivity index (χ1n) is 7.03. The van der Waals surface area contributed by atoms with Gasteiger partial charge in [-0.05, 0) is 38.3 Å². The number of benzene rings is 1. The summed E-state index contributed by atoms with van der Waals surface area (Å²) in [6.45, 7) is 10.4. The van der Waals surface area contributed by atoms with Crippen LogP contribution in [-0.4, -0.2) is 18.9 Å². The summed E-state index contributed by atoms with van der Waals surface area (Å²) < 4.78 is 0. The summed E-state index contributed by atoms with van der Waals surface area (Å²) in [5.74, 6) is 0.284. The molecule has 1 aromatic carbocycles. The molecule has 0 spiro atoms. The molecule has 106 valence electrons. The van der Waals surface area contributed by atoms with Gasteiger partial charge in [-0.2, -0.15) is 0 Å². The lowest BCUT2D eigenvalue weighted by atomic mass is 9.86. The second kappa shape index (κ2) is 6.60. The highest BCUT2D eigenvalue weighted by atomic mass is 15.1. The quantitative estimate of drug-likeness (QED) is 0.582. The highest BCUT2D eigenvalue weighted by Crippen LogP contribution is 2.24. The molecule has 0 saturated carbocycles. The molecule has 0 radical (unpaired) electrons. The molecule has 0 amide bonds. The van der Waals surface area contributed by atoms with Crippen LogP contribution >= 0.6 is 0 Å². The fraction of sp³-hybridized carbons (Fsp3) is 0.562. The van der Waals surface area contributed by atoms with E-state index >= 15 is 0 Å². The Morgan fingerprint density at radius 3 is 2.47 bits per heavy atom. The van der Waals surface area contributed by atoms with Gasteiger partial charge < -0.3 is 10.6 Å². The molecule has 0 fully saturated rings. The molecular formula is C16H27N3. The Kier molecular flexibility index (Phi) is 5.40. The van der Waals surface area contributed by atoms with Crippen LogP contribution in [0.3, 0.4) is 0 Å². The van der Waals surface area contributed by atoms with Crippen molar-refractivity contribution in [2.24, 2.45) is 11.1 Å². The van der Waals surface area contributed by atoms with Crippen molar-refractivity contribution >= 4 is 11.5 Å². The average Bonchev–Trinajstić information content (AvgIpc) is 2.35. The number of para-hydroxylation sites is 1. The number of amidine groups is 1. The van der Waals surface area contributed by atoms with E-state index < -0.39 is 0 Å². The Hall–Kier alpha value is -1.51. The van der Waals surface area contributed by atoms with E-state index in [1.54, 1.807) is 0 Å². The lowest BCUT2D eigenvalue weighted by molar-refractivity contribution is 0.450. The minimum atomic E-state index is -0.189. The van der Waals surface area contributed by atoms with Crippen LogP contribution in [0.5, 0.6) is 0 Å². The number of hydrogen-bond acceptors (Lipinski definition) is 2. The highest BCUT2D eigenvalue weighted by Gasteiger charge is 2.21. The van der Waals surface area contributed by atoms with Gasteiger partial charge in [0.15, 0.2) is 0 Å². The van der Waals surface area contributed by atoms with Crippen molar-refractivity contribution in [3.8, 4) is 0 Å². The van der Waals surface area contributed by atoms with Gasteiger partial charge in [-0.25, -0.2) is 0 Å². The minimum Gasteiger partial charge on any atom is -0.387 e. The van der Waals surface area contributed by atoms with Crippen LogP contribution < -0.4 is 10.6 Å². The van der Waals surface area contributed by atoms with Crippen molar-refractivity contribution < 1.29 is 0 Å². The Labute approximate surface area is 117 Å². The summed E-state index contributed by atoms with van der Waals surface area (Å²) in [4.78, 5) is 2.39. The van der Waals surface area contributed by atoms with E-state index in [4.69, 9.17) is 11.1 Å². The van der Waals surface area contributed by atoms with Crippen LogP contribution in [0.15, 0.2) is 24.3 Å². The van der Waals surface area contributed by atoms with Gasteiger partial charge in [0.2, 0.25) is 0 Å². The molecule has 0 aromatic heterocycles. The number of aryl methyl sites for hydroxylation is 1. The maximum Gasteiger partial charge on any atom is 0.0963 e. The van der Waals surface area contributed by atoms with Gasteiger partial charge in [0.05, 0.1) is 5.84 Å². The van der Waals surface area contributed by atoms with Gasteiger partial charge in [0.25, 0.3) is 0 Å². The standard InChI is InChI=1S/C16H27N3/c1-5-19(14-10-7-6-9-13(14)2)12-8-11-16(3,4)15(17)18/h6-7,9-10H,5,8,11-12H2,1-4H3,(H3,17,18). The maximum absolute atomic E-state index is 7.59. The first-order chi connectivity index (χ1) is 8.88. The molecular weight excluding hydrogens is 234 g/mol. The van der Waals surface area contributed by atoms with Crippen LogP contribution in [0.1, 0.15) is 39.2 Å². The molecule has 0 unspecified atom stereocenters. The smallest absolute Gasteiger partial charge is 0.0963 e. The molecule has 3 heteroatoms. The first-order valence-corrected chi connectivity index (χ1v) is 7.03. The fourth-order valence-corrected chi connectivity index (χ4v) is 2.21. The van der Waals surface area contributed by atoms with Crippen LogP contribution in [0.4, 0.5) is 5.69 Å². The van der Waals surface area contributed by atoms with Crippen molar-refractivity contribution in [2.45, 2.75) is 40.5 Å². The zero-order valence-corrected chi connectivity index (χ0v) is 12.7. The molecule has 0 atom stereocenters. The molecule has 0 bridgehead atoms. The lowest BCUT2D eigenvalue weighted by Gasteiger charge is -2.28. The minimum absolute atomic E-state index is 0.189. The maximum atomic E-state index is 7.59. The van der Waals surface area contributed by atoms with Gasteiger partial charge in [0.1, 0.15) is 0 Å². The third-order valence-electron chi connectivity index (χ3n) is 3.80. The van der Waals surface area contributed by atoms with E-state index in [9.17, 15) is 0 Å². The predicted octanol–water partition coefficient (Wildman–Crippen LogP) is 3.56. The third-order valence-corrected chi connectivity index (χ3v) is 3.80. The van der Waals surface area contributed by atoms with Crippen molar-refractivity contribution in [3.05, 3.63) is 29.8 Å². The number of nitrogens with one attached hydrogen (secondary N) is 1. The van der Waals surface area contributed by atoms with Gasteiger partial charge >= 0.3 is 0 Å². The Balaban J connectivity index is 2.60. The molecule has 3 N–H and O–H groups in total. The molecule has 0 heterocycles. The molecule has 0 aliphatic rings. The monoisotopic (exact) mass is 261 g/mol. The summed E-state index contributed by atoms with van der Waals surface area (Å²) in [6, 6.07) is 8.49. The molecule has 1 aromatic rings. The zero-order chi connectivity index (χ0) is 14.5. The summed E-state index contributed by atoms with van der Waals surface area (Å²) in [6.07, 6.45) is 2.00. The zero-order valence-electron chi connectivity index (χ0n) is 12.7. The largest absolute Gasteiger partial charge is 0.387 e. The summed E-state index contributed by atoms with van der Waals surface area (Å²) in [7, 11) is 0. The number of nitrogens with zero attached hydrogens (tertiary/aromatic N) is 1. The van der Waals surface area contributed by atoms with Crippen LogP contribution in [0.2, 0.25) is 0 Å². The summed E-state index contributed by atoms with van der Waals surface area (Å²) in [5.41, 5.74) is 8.06. The molecule has 3 nitrogen and oxygen atoms in total. The van der Waals surface area contributed by atoms with E-state index in [0.29, 0.717) is 0 Å². The number of rotatable bonds is 7. The third kappa shape index (κ3) is 4.27. The molecule has 19 heavy (non-hydrogen) atoms. The van der Waals surface area contributed by atoms with E-state index in [0.717, 1.165) is 25.9 Å². The SMILES string of the molecule is CCN(CCCC(C)(C)C(=N)N)c1ccccc1C. The van der Waals surface area contributed by atoms with Gasteiger partial charge in [0, 0.05) is 24.2 Å². The van der Waals surface area contributed by atoms with Crippen LogP contribution in [-0.2, 0) is 0 Å². The van der Waals surface area contributed by atoms with Crippen molar-refractivity contribution in [1.82, 2.24) is 0 Å². The Bertz CT molecular complexity index is 424. The highest BCUT2D eigenvalue weighted by molar-refractivity contribution is 5.82. The van der Waals surface area contributed by atoms with Gasteiger partial charge in [-0.1, -0.05) is 32.0 Å². The molecule has 0 saturated heterocycles. The summed E-state index contributed by atoms with van der Waals surface area (Å²) in [5, 5.41) is 7.59. The summed E-state index contributed by atoms with van der Waals surface area (Å²) >= 11 is 0. The Morgan fingerprint density at radius 1 is 1.32 bits per heavy atom. The lowest BCUT2D eigenvalue weighted by Crippen LogP contribution is -2.32. The van der Waals surface area contributed by atoms with Crippen molar-refractivity contribution in [2.75, 3.05) is 18.0 Å². The van der Waals surface area contributed by atoms with Gasteiger partial charge in [-0.3, -0.25) is 5.41 Å². The molecule has 0 aliphatic heterocycles. The van der Waals surface area contributed by atoms with E-state index in [1.165, 1.54) is 11.3 Å². The number of hydrogen-bond donors (Lipinski definition) is 2. The van der Waals surface area contributed by atoms with Gasteiger partial charge in [-0.15, -0.1) is 0 Å². The molecule has 1 rings (SSSR count). The second-order valence-electron chi connectivity index (χ2n) is 5.77.